The summed E-state index contributed by atoms with van der Waals surface area (Å²) in [5.41, 5.74) is 0.976. The third kappa shape index (κ3) is 4.08. The topological polar surface area (TPSA) is 66.4 Å². The maximum atomic E-state index is 11.9. The highest BCUT2D eigenvalue weighted by atomic mass is 16.4. The van der Waals surface area contributed by atoms with Gasteiger partial charge in [-0.2, -0.15) is 0 Å². The van der Waals surface area contributed by atoms with Crippen molar-refractivity contribution in [3.63, 3.8) is 0 Å². The Hall–Kier alpha value is -1.84. The first-order valence-corrected chi connectivity index (χ1v) is 7.12. The van der Waals surface area contributed by atoms with Crippen molar-refractivity contribution >= 4 is 11.9 Å². The molecule has 2 N–H and O–H groups in total. The van der Waals surface area contributed by atoms with Crippen LogP contribution in [0, 0.1) is 17.8 Å². The Morgan fingerprint density at radius 3 is 2.50 bits per heavy atom. The first-order chi connectivity index (χ1) is 9.58. The van der Waals surface area contributed by atoms with Crippen molar-refractivity contribution in [1.82, 2.24) is 5.32 Å². The van der Waals surface area contributed by atoms with Crippen molar-refractivity contribution in [1.29, 1.82) is 0 Å². The summed E-state index contributed by atoms with van der Waals surface area (Å²) in [6.07, 6.45) is 2.66. The van der Waals surface area contributed by atoms with Crippen molar-refractivity contribution in [2.24, 2.45) is 17.8 Å². The molecule has 2 rings (SSSR count). The van der Waals surface area contributed by atoms with Gasteiger partial charge in [0.2, 0.25) is 5.91 Å². The minimum Gasteiger partial charge on any atom is -0.481 e. The van der Waals surface area contributed by atoms with Crippen LogP contribution in [-0.2, 0) is 16.0 Å². The van der Waals surface area contributed by atoms with E-state index in [0.29, 0.717) is 12.3 Å². The summed E-state index contributed by atoms with van der Waals surface area (Å²) in [4.78, 5) is 23.2. The fourth-order valence-corrected chi connectivity index (χ4v) is 2.34. The molecule has 0 spiro atoms. The molecule has 20 heavy (non-hydrogen) atoms. The lowest BCUT2D eigenvalue weighted by Gasteiger charge is -2.16. The number of carboxylic acids is 1. The number of rotatable bonds is 7. The molecule has 0 saturated heterocycles. The third-order valence-electron chi connectivity index (χ3n) is 3.94. The summed E-state index contributed by atoms with van der Waals surface area (Å²) in [6.45, 7) is 2.11. The average Bonchev–Trinajstić information content (AvgIpc) is 3.27. The van der Waals surface area contributed by atoms with E-state index < -0.39 is 11.9 Å². The van der Waals surface area contributed by atoms with Gasteiger partial charge in [0.05, 0.1) is 5.92 Å². The minimum absolute atomic E-state index is 0.00108. The molecule has 1 aliphatic carbocycles. The molecular weight excluding hydrogens is 254 g/mol. The lowest BCUT2D eigenvalue weighted by Crippen LogP contribution is -2.37. The molecule has 2 unspecified atom stereocenters. The maximum Gasteiger partial charge on any atom is 0.308 e. The van der Waals surface area contributed by atoms with Gasteiger partial charge in [-0.15, -0.1) is 0 Å². The van der Waals surface area contributed by atoms with E-state index >= 15 is 0 Å². The second kappa shape index (κ2) is 6.55. The quantitative estimate of drug-likeness (QED) is 0.800. The zero-order valence-corrected chi connectivity index (χ0v) is 11.7. The standard InChI is InChI=1S/C16H21NO3/c1-11(13-7-8-13)15(18)17-10-14(16(19)20)9-12-5-3-2-4-6-12/h2-6,11,13-14H,7-10H2,1H3,(H,17,18)(H,19,20). The Bertz CT molecular complexity index is 468. The van der Waals surface area contributed by atoms with Crippen LogP contribution in [0.25, 0.3) is 0 Å². The number of carbonyl (C=O) groups is 2. The Morgan fingerprint density at radius 1 is 1.30 bits per heavy atom. The Balaban J connectivity index is 1.86. The molecule has 0 radical (unpaired) electrons. The van der Waals surface area contributed by atoms with Gasteiger partial charge in [0, 0.05) is 12.5 Å². The summed E-state index contributed by atoms with van der Waals surface area (Å²) in [5.74, 6) is -0.971. The molecule has 4 heteroatoms. The van der Waals surface area contributed by atoms with Crippen LogP contribution >= 0.6 is 0 Å². The molecule has 1 aromatic rings. The van der Waals surface area contributed by atoms with Gasteiger partial charge in [0.1, 0.15) is 0 Å². The van der Waals surface area contributed by atoms with Crippen LogP contribution in [0.5, 0.6) is 0 Å². The molecule has 0 aliphatic heterocycles. The fourth-order valence-electron chi connectivity index (χ4n) is 2.34. The lowest BCUT2D eigenvalue weighted by molar-refractivity contribution is -0.141. The van der Waals surface area contributed by atoms with E-state index in [1.54, 1.807) is 0 Å². The van der Waals surface area contributed by atoms with Gasteiger partial charge in [-0.25, -0.2) is 0 Å². The molecule has 1 aliphatic rings. The third-order valence-corrected chi connectivity index (χ3v) is 3.94. The second-order valence-corrected chi connectivity index (χ2v) is 5.60. The Labute approximate surface area is 119 Å². The Kier molecular flexibility index (Phi) is 4.77. The van der Waals surface area contributed by atoms with Crippen LogP contribution in [0.1, 0.15) is 25.3 Å². The molecular formula is C16H21NO3. The molecule has 1 aromatic carbocycles. The maximum absolute atomic E-state index is 11.9. The highest BCUT2D eigenvalue weighted by Gasteiger charge is 2.32. The number of amides is 1. The molecule has 1 fully saturated rings. The van der Waals surface area contributed by atoms with Gasteiger partial charge in [0.15, 0.2) is 0 Å². The van der Waals surface area contributed by atoms with Crippen molar-refractivity contribution in [3.05, 3.63) is 35.9 Å². The van der Waals surface area contributed by atoms with Crippen molar-refractivity contribution < 1.29 is 14.7 Å². The van der Waals surface area contributed by atoms with E-state index in [1.807, 2.05) is 37.3 Å². The number of carboxylic acid groups (broad SMARTS) is 1. The van der Waals surface area contributed by atoms with Gasteiger partial charge >= 0.3 is 5.97 Å². The smallest absolute Gasteiger partial charge is 0.308 e. The SMILES string of the molecule is CC(C(=O)NCC(Cc1ccccc1)C(=O)O)C1CC1. The second-order valence-electron chi connectivity index (χ2n) is 5.60. The van der Waals surface area contributed by atoms with Gasteiger partial charge in [-0.1, -0.05) is 37.3 Å². The molecule has 0 aromatic heterocycles. The summed E-state index contributed by atoms with van der Waals surface area (Å²) in [5, 5.41) is 12.0. The van der Waals surface area contributed by atoms with E-state index in [-0.39, 0.29) is 18.4 Å². The van der Waals surface area contributed by atoms with Crippen LogP contribution in [-0.4, -0.2) is 23.5 Å². The minimum atomic E-state index is -0.867. The number of carbonyl (C=O) groups excluding carboxylic acids is 1. The van der Waals surface area contributed by atoms with E-state index in [2.05, 4.69) is 5.32 Å². The van der Waals surface area contributed by atoms with Gasteiger partial charge in [0.25, 0.3) is 0 Å². The largest absolute Gasteiger partial charge is 0.481 e. The molecule has 1 amide bonds. The number of nitrogens with one attached hydrogen (secondary N) is 1. The summed E-state index contributed by atoms with van der Waals surface area (Å²) in [6, 6.07) is 9.50. The van der Waals surface area contributed by atoms with Gasteiger partial charge < -0.3 is 10.4 Å². The van der Waals surface area contributed by atoms with Gasteiger partial charge in [-0.3, -0.25) is 9.59 Å². The Morgan fingerprint density at radius 2 is 1.95 bits per heavy atom. The van der Waals surface area contributed by atoms with E-state index in [4.69, 9.17) is 0 Å². The zero-order valence-electron chi connectivity index (χ0n) is 11.7. The predicted octanol–water partition coefficient (Wildman–Crippen LogP) is 2.09. The van der Waals surface area contributed by atoms with Crippen LogP contribution in [0.4, 0.5) is 0 Å². The van der Waals surface area contributed by atoms with Crippen LogP contribution < -0.4 is 5.32 Å². The number of aliphatic carboxylic acids is 1. The van der Waals surface area contributed by atoms with Crippen LogP contribution in [0.3, 0.4) is 0 Å². The summed E-state index contributed by atoms with van der Waals surface area (Å²) < 4.78 is 0. The predicted molar refractivity (Wildman–Crippen MR) is 76.2 cm³/mol. The number of benzene rings is 1. The molecule has 2 atom stereocenters. The van der Waals surface area contributed by atoms with Crippen LogP contribution in [0.2, 0.25) is 0 Å². The first-order valence-electron chi connectivity index (χ1n) is 7.12. The van der Waals surface area contributed by atoms with Crippen LogP contribution in [0.15, 0.2) is 30.3 Å². The highest BCUT2D eigenvalue weighted by Crippen LogP contribution is 2.36. The lowest BCUT2D eigenvalue weighted by atomic mass is 9.98. The monoisotopic (exact) mass is 275 g/mol. The first kappa shape index (κ1) is 14.6. The fraction of sp³-hybridized carbons (Fsp3) is 0.500. The zero-order chi connectivity index (χ0) is 14.5. The summed E-state index contributed by atoms with van der Waals surface area (Å²) >= 11 is 0. The van der Waals surface area contributed by atoms with Crippen molar-refractivity contribution in [2.45, 2.75) is 26.2 Å². The van der Waals surface area contributed by atoms with Gasteiger partial charge in [-0.05, 0) is 30.7 Å². The summed E-state index contributed by atoms with van der Waals surface area (Å²) in [7, 11) is 0. The molecule has 0 heterocycles. The molecule has 108 valence electrons. The van der Waals surface area contributed by atoms with Crippen molar-refractivity contribution in [2.75, 3.05) is 6.54 Å². The van der Waals surface area contributed by atoms with E-state index in [0.717, 1.165) is 18.4 Å². The van der Waals surface area contributed by atoms with E-state index in [9.17, 15) is 14.7 Å². The highest BCUT2D eigenvalue weighted by molar-refractivity contribution is 5.80. The normalized spacial score (nSPS) is 17.2. The molecule has 0 bridgehead atoms. The number of hydrogen-bond donors (Lipinski definition) is 2. The van der Waals surface area contributed by atoms with Crippen molar-refractivity contribution in [3.8, 4) is 0 Å². The average molecular weight is 275 g/mol. The number of hydrogen-bond acceptors (Lipinski definition) is 2. The molecule has 4 nitrogen and oxygen atoms in total. The molecule has 1 saturated carbocycles. The van der Waals surface area contributed by atoms with E-state index in [1.165, 1.54) is 0 Å².